The van der Waals surface area contributed by atoms with Crippen molar-refractivity contribution in [1.82, 2.24) is 25.4 Å². The van der Waals surface area contributed by atoms with E-state index in [1.807, 2.05) is 28.8 Å². The molecular weight excluding hydrogens is 366 g/mol. The molecule has 2 rings (SSSR count). The third kappa shape index (κ3) is 5.46. The molecule has 1 atom stereocenters. The van der Waals surface area contributed by atoms with Crippen LogP contribution in [-0.4, -0.2) is 46.1 Å². The van der Waals surface area contributed by atoms with E-state index in [0.29, 0.717) is 5.16 Å². The maximum atomic E-state index is 12.1. The number of amides is 3. The number of aromatic nitrogens is 3. The van der Waals surface area contributed by atoms with Gasteiger partial charge < -0.3 is 14.6 Å². The molecule has 0 fully saturated rings. The van der Waals surface area contributed by atoms with Gasteiger partial charge in [0.05, 0.1) is 12.4 Å². The summed E-state index contributed by atoms with van der Waals surface area (Å²) in [5, 5.41) is 13.4. The number of unbranched alkanes of at least 4 members (excludes halogenated alkanes) is 1. The lowest BCUT2D eigenvalue weighted by atomic mass is 10.2. The molecule has 1 aromatic carbocycles. The van der Waals surface area contributed by atoms with Crippen molar-refractivity contribution in [2.24, 2.45) is 0 Å². The summed E-state index contributed by atoms with van der Waals surface area (Å²) in [6.45, 7) is 4.59. The SMILES string of the molecule is CCCCn1c(S[C@@H](C)C(=O)NC(=O)NC)nnc1-c1ccc(OC)cc1. The molecule has 1 heterocycles. The van der Waals surface area contributed by atoms with E-state index >= 15 is 0 Å². The zero-order valence-corrected chi connectivity index (χ0v) is 16.8. The first-order valence-corrected chi connectivity index (χ1v) is 9.65. The Balaban J connectivity index is 2.24. The summed E-state index contributed by atoms with van der Waals surface area (Å²) >= 11 is 1.28. The van der Waals surface area contributed by atoms with Crippen LogP contribution in [0, 0.1) is 0 Å². The fourth-order valence-electron chi connectivity index (χ4n) is 2.33. The summed E-state index contributed by atoms with van der Waals surface area (Å²) in [6, 6.07) is 7.09. The van der Waals surface area contributed by atoms with Gasteiger partial charge in [0.2, 0.25) is 5.91 Å². The molecule has 0 aliphatic heterocycles. The van der Waals surface area contributed by atoms with E-state index in [1.54, 1.807) is 14.0 Å². The van der Waals surface area contributed by atoms with E-state index in [2.05, 4.69) is 27.8 Å². The second kappa shape index (κ2) is 9.96. The summed E-state index contributed by atoms with van der Waals surface area (Å²) < 4.78 is 7.21. The number of imide groups is 1. The number of hydrogen-bond acceptors (Lipinski definition) is 6. The van der Waals surface area contributed by atoms with Gasteiger partial charge in [0.15, 0.2) is 11.0 Å². The first-order chi connectivity index (χ1) is 13.0. The zero-order chi connectivity index (χ0) is 19.8. The van der Waals surface area contributed by atoms with Crippen LogP contribution in [0.2, 0.25) is 0 Å². The minimum absolute atomic E-state index is 0.379. The van der Waals surface area contributed by atoms with Gasteiger partial charge in [-0.25, -0.2) is 4.79 Å². The quantitative estimate of drug-likeness (QED) is 0.672. The van der Waals surface area contributed by atoms with Crippen molar-refractivity contribution in [2.75, 3.05) is 14.2 Å². The number of benzene rings is 1. The van der Waals surface area contributed by atoms with Crippen LogP contribution >= 0.6 is 11.8 Å². The third-order valence-corrected chi connectivity index (χ3v) is 5.00. The second-order valence-corrected chi connectivity index (χ2v) is 7.18. The summed E-state index contributed by atoms with van der Waals surface area (Å²) in [6.07, 6.45) is 1.99. The monoisotopic (exact) mass is 391 g/mol. The van der Waals surface area contributed by atoms with Crippen molar-refractivity contribution in [2.45, 2.75) is 43.6 Å². The Labute approximate surface area is 163 Å². The lowest BCUT2D eigenvalue weighted by molar-refractivity contribution is -0.119. The van der Waals surface area contributed by atoms with E-state index in [9.17, 15) is 9.59 Å². The predicted octanol–water partition coefficient (Wildman–Crippen LogP) is 2.69. The summed E-state index contributed by atoms with van der Waals surface area (Å²) in [5.74, 6) is 1.13. The number of nitrogens with one attached hydrogen (secondary N) is 2. The summed E-state index contributed by atoms with van der Waals surface area (Å²) in [4.78, 5) is 23.5. The molecule has 9 heteroatoms. The van der Waals surface area contributed by atoms with Crippen LogP contribution in [0.25, 0.3) is 11.4 Å². The molecule has 0 saturated heterocycles. The highest BCUT2D eigenvalue weighted by Crippen LogP contribution is 2.28. The first-order valence-electron chi connectivity index (χ1n) is 8.77. The molecule has 0 spiro atoms. The maximum Gasteiger partial charge on any atom is 0.321 e. The number of nitrogens with zero attached hydrogens (tertiary/aromatic N) is 3. The van der Waals surface area contributed by atoms with E-state index in [0.717, 1.165) is 36.5 Å². The van der Waals surface area contributed by atoms with Gasteiger partial charge in [0.25, 0.3) is 0 Å². The fourth-order valence-corrected chi connectivity index (χ4v) is 3.21. The van der Waals surface area contributed by atoms with Crippen LogP contribution in [-0.2, 0) is 11.3 Å². The fraction of sp³-hybridized carbons (Fsp3) is 0.444. The number of thioether (sulfide) groups is 1. The molecule has 8 nitrogen and oxygen atoms in total. The van der Waals surface area contributed by atoms with Crippen molar-refractivity contribution in [3.05, 3.63) is 24.3 Å². The highest BCUT2D eigenvalue weighted by Gasteiger charge is 2.21. The standard InChI is InChI=1S/C18H25N5O3S/c1-5-6-11-23-15(13-7-9-14(26-4)10-8-13)21-22-18(23)27-12(2)16(24)20-17(25)19-3/h7-10,12H,5-6,11H2,1-4H3,(H2,19,20,24,25)/t12-/m0/s1. The van der Waals surface area contributed by atoms with E-state index in [4.69, 9.17) is 4.74 Å². The van der Waals surface area contributed by atoms with Gasteiger partial charge in [-0.1, -0.05) is 25.1 Å². The lowest BCUT2D eigenvalue weighted by Crippen LogP contribution is -2.41. The van der Waals surface area contributed by atoms with Crippen molar-refractivity contribution >= 4 is 23.7 Å². The number of urea groups is 1. The molecule has 0 radical (unpaired) electrons. The van der Waals surface area contributed by atoms with Gasteiger partial charge in [0, 0.05) is 19.2 Å². The minimum Gasteiger partial charge on any atom is -0.497 e. The van der Waals surface area contributed by atoms with Gasteiger partial charge in [0.1, 0.15) is 5.75 Å². The number of hydrogen-bond donors (Lipinski definition) is 2. The number of methoxy groups -OCH3 is 1. The molecule has 0 bridgehead atoms. The number of carbonyl (C=O) groups is 2. The molecule has 0 saturated carbocycles. The molecule has 0 aliphatic rings. The average Bonchev–Trinajstić information content (AvgIpc) is 3.08. The first kappa shape index (κ1) is 20.8. The Bertz CT molecular complexity index is 776. The molecule has 2 aromatic rings. The lowest BCUT2D eigenvalue weighted by Gasteiger charge is -2.13. The zero-order valence-electron chi connectivity index (χ0n) is 16.0. The van der Waals surface area contributed by atoms with Gasteiger partial charge in [-0.3, -0.25) is 10.1 Å². The smallest absolute Gasteiger partial charge is 0.321 e. The van der Waals surface area contributed by atoms with Crippen molar-refractivity contribution in [1.29, 1.82) is 0 Å². The van der Waals surface area contributed by atoms with Crippen molar-refractivity contribution in [3.8, 4) is 17.1 Å². The van der Waals surface area contributed by atoms with Crippen LogP contribution in [0.5, 0.6) is 5.75 Å². The summed E-state index contributed by atoms with van der Waals surface area (Å²) in [7, 11) is 3.08. The van der Waals surface area contributed by atoms with E-state index in [-0.39, 0.29) is 5.91 Å². The molecule has 0 aliphatic carbocycles. The number of ether oxygens (including phenoxy) is 1. The Morgan fingerprint density at radius 2 is 1.96 bits per heavy atom. The molecule has 146 valence electrons. The van der Waals surface area contributed by atoms with E-state index < -0.39 is 11.3 Å². The van der Waals surface area contributed by atoms with Crippen molar-refractivity contribution in [3.63, 3.8) is 0 Å². The normalized spacial score (nSPS) is 11.7. The summed E-state index contributed by atoms with van der Waals surface area (Å²) in [5.41, 5.74) is 0.925. The van der Waals surface area contributed by atoms with Crippen LogP contribution in [0.4, 0.5) is 4.79 Å². The largest absolute Gasteiger partial charge is 0.497 e. The molecule has 3 amide bonds. The molecule has 27 heavy (non-hydrogen) atoms. The van der Waals surface area contributed by atoms with Crippen LogP contribution < -0.4 is 15.4 Å². The average molecular weight is 391 g/mol. The molecule has 0 unspecified atom stereocenters. The van der Waals surface area contributed by atoms with Gasteiger partial charge >= 0.3 is 6.03 Å². The van der Waals surface area contributed by atoms with Gasteiger partial charge in [-0.2, -0.15) is 0 Å². The Morgan fingerprint density at radius 3 is 2.56 bits per heavy atom. The minimum atomic E-state index is -0.529. The van der Waals surface area contributed by atoms with Crippen molar-refractivity contribution < 1.29 is 14.3 Å². The maximum absolute atomic E-state index is 12.1. The number of rotatable bonds is 8. The molecule has 1 aromatic heterocycles. The van der Waals surface area contributed by atoms with Crippen LogP contribution in [0.3, 0.4) is 0 Å². The third-order valence-electron chi connectivity index (χ3n) is 3.92. The Kier molecular flexibility index (Phi) is 7.66. The van der Waals surface area contributed by atoms with Crippen LogP contribution in [0.15, 0.2) is 29.4 Å². The Morgan fingerprint density at radius 1 is 1.26 bits per heavy atom. The predicted molar refractivity (Wildman–Crippen MR) is 105 cm³/mol. The molecule has 2 N–H and O–H groups in total. The number of carbonyl (C=O) groups excluding carboxylic acids is 2. The highest BCUT2D eigenvalue weighted by molar-refractivity contribution is 8.00. The Hall–Kier alpha value is -2.55. The second-order valence-electron chi connectivity index (χ2n) is 5.87. The topological polar surface area (TPSA) is 98.1 Å². The van der Waals surface area contributed by atoms with Gasteiger partial charge in [-0.15, -0.1) is 10.2 Å². The highest BCUT2D eigenvalue weighted by atomic mass is 32.2. The van der Waals surface area contributed by atoms with E-state index in [1.165, 1.54) is 18.8 Å². The van der Waals surface area contributed by atoms with Crippen LogP contribution in [0.1, 0.15) is 26.7 Å². The van der Waals surface area contributed by atoms with Gasteiger partial charge in [-0.05, 0) is 37.6 Å². The molecular formula is C18H25N5O3S.